The summed E-state index contributed by atoms with van der Waals surface area (Å²) in [6.45, 7) is 3.89. The van der Waals surface area contributed by atoms with Gasteiger partial charge in [0.05, 0.1) is 0 Å². The van der Waals surface area contributed by atoms with Crippen LogP contribution in [0.15, 0.2) is 0 Å². The molecule has 3 nitrogen and oxygen atoms in total. The van der Waals surface area contributed by atoms with Gasteiger partial charge in [0.25, 0.3) is 5.24 Å². The van der Waals surface area contributed by atoms with Crippen LogP contribution in [0.25, 0.3) is 0 Å². The monoisotopic (exact) mass is 240 g/mol. The lowest BCUT2D eigenvalue weighted by Crippen LogP contribution is -2.24. The highest BCUT2D eigenvalue weighted by Crippen LogP contribution is 2.02. The van der Waals surface area contributed by atoms with Gasteiger partial charge in [0.2, 0.25) is 0 Å². The summed E-state index contributed by atoms with van der Waals surface area (Å²) in [5.41, 5.74) is 0. The largest absolute Gasteiger partial charge is 0.347 e. The number of thioether (sulfide) groups is 1. The third-order valence-corrected chi connectivity index (χ3v) is 2.51. The standard InChI is InChI=1S/C9H20N2OS.ClH/c1-4-8-13-9(12)10-6-5-7-11(2)3;/h4-8H2,1-3H3,(H,10,12);1H. The summed E-state index contributed by atoms with van der Waals surface area (Å²) in [6.07, 6.45) is 2.07. The Kier molecular flexibility index (Phi) is 13.1. The van der Waals surface area contributed by atoms with Crippen molar-refractivity contribution in [2.24, 2.45) is 0 Å². The van der Waals surface area contributed by atoms with Crippen molar-refractivity contribution in [3.63, 3.8) is 0 Å². The van der Waals surface area contributed by atoms with E-state index in [-0.39, 0.29) is 17.6 Å². The first kappa shape index (κ1) is 16.5. The zero-order valence-corrected chi connectivity index (χ0v) is 10.8. The fraction of sp³-hybridized carbons (Fsp3) is 0.889. The molecule has 0 rings (SSSR count). The second-order valence-electron chi connectivity index (χ2n) is 3.22. The molecular formula is C9H21ClN2OS. The minimum atomic E-state index is 0. The van der Waals surface area contributed by atoms with Gasteiger partial charge in [-0.3, -0.25) is 4.79 Å². The van der Waals surface area contributed by atoms with Gasteiger partial charge >= 0.3 is 0 Å². The van der Waals surface area contributed by atoms with Gasteiger partial charge in [-0.2, -0.15) is 0 Å². The van der Waals surface area contributed by atoms with Gasteiger partial charge in [-0.05, 0) is 33.5 Å². The Labute approximate surface area is 97.4 Å². The Morgan fingerprint density at radius 1 is 1.43 bits per heavy atom. The number of amides is 1. The Morgan fingerprint density at radius 3 is 2.57 bits per heavy atom. The SMILES string of the molecule is CCCSC(=O)NCCCN(C)C.Cl. The molecular weight excluding hydrogens is 220 g/mol. The lowest BCUT2D eigenvalue weighted by atomic mass is 10.4. The average Bonchev–Trinajstić information content (AvgIpc) is 2.08. The van der Waals surface area contributed by atoms with Crippen molar-refractivity contribution in [3.8, 4) is 0 Å². The van der Waals surface area contributed by atoms with E-state index in [9.17, 15) is 4.79 Å². The molecule has 0 saturated heterocycles. The van der Waals surface area contributed by atoms with Crippen LogP contribution in [0, 0.1) is 0 Å². The molecule has 0 aliphatic carbocycles. The molecule has 0 atom stereocenters. The topological polar surface area (TPSA) is 32.3 Å². The molecule has 0 saturated carbocycles. The van der Waals surface area contributed by atoms with Crippen LogP contribution >= 0.6 is 24.2 Å². The lowest BCUT2D eigenvalue weighted by molar-refractivity contribution is 0.260. The van der Waals surface area contributed by atoms with Crippen LogP contribution < -0.4 is 5.32 Å². The van der Waals surface area contributed by atoms with E-state index in [0.29, 0.717) is 0 Å². The zero-order valence-electron chi connectivity index (χ0n) is 9.21. The van der Waals surface area contributed by atoms with E-state index in [1.807, 2.05) is 14.1 Å². The highest BCUT2D eigenvalue weighted by molar-refractivity contribution is 8.13. The van der Waals surface area contributed by atoms with Crippen LogP contribution in [0.4, 0.5) is 4.79 Å². The first-order valence-electron chi connectivity index (χ1n) is 4.72. The fourth-order valence-electron chi connectivity index (χ4n) is 0.832. The zero-order chi connectivity index (χ0) is 10.1. The van der Waals surface area contributed by atoms with Crippen molar-refractivity contribution in [3.05, 3.63) is 0 Å². The molecule has 0 radical (unpaired) electrons. The summed E-state index contributed by atoms with van der Waals surface area (Å²) >= 11 is 1.37. The number of nitrogens with zero attached hydrogens (tertiary/aromatic N) is 1. The van der Waals surface area contributed by atoms with E-state index >= 15 is 0 Å². The van der Waals surface area contributed by atoms with E-state index in [4.69, 9.17) is 0 Å². The molecule has 0 aromatic carbocycles. The van der Waals surface area contributed by atoms with Crippen LogP contribution in [-0.2, 0) is 0 Å². The van der Waals surface area contributed by atoms with E-state index < -0.39 is 0 Å². The Morgan fingerprint density at radius 2 is 2.07 bits per heavy atom. The number of rotatable bonds is 6. The van der Waals surface area contributed by atoms with Crippen molar-refractivity contribution >= 4 is 29.4 Å². The van der Waals surface area contributed by atoms with Gasteiger partial charge in [0.15, 0.2) is 0 Å². The smallest absolute Gasteiger partial charge is 0.279 e. The maximum absolute atomic E-state index is 11.1. The van der Waals surface area contributed by atoms with Crippen LogP contribution in [0.5, 0.6) is 0 Å². The maximum atomic E-state index is 11.1. The molecule has 0 heterocycles. The molecule has 0 aliphatic rings. The van der Waals surface area contributed by atoms with Crippen LogP contribution in [0.2, 0.25) is 0 Å². The fourth-order valence-corrected chi connectivity index (χ4v) is 1.43. The summed E-state index contributed by atoms with van der Waals surface area (Å²) in [7, 11) is 4.07. The number of hydrogen-bond acceptors (Lipinski definition) is 3. The molecule has 0 bridgehead atoms. The van der Waals surface area contributed by atoms with Crippen LogP contribution in [0.3, 0.4) is 0 Å². The predicted octanol–water partition coefficient (Wildman–Crippen LogP) is 2.21. The highest BCUT2D eigenvalue weighted by atomic mass is 35.5. The molecule has 0 spiro atoms. The second kappa shape index (κ2) is 11.1. The Hall–Kier alpha value is 0.0700. The van der Waals surface area contributed by atoms with Gasteiger partial charge in [0, 0.05) is 12.3 Å². The first-order chi connectivity index (χ1) is 6.16. The normalized spacial score (nSPS) is 9.71. The molecule has 0 fully saturated rings. The maximum Gasteiger partial charge on any atom is 0.279 e. The summed E-state index contributed by atoms with van der Waals surface area (Å²) in [5, 5.41) is 2.98. The first-order valence-corrected chi connectivity index (χ1v) is 5.70. The number of hydrogen-bond donors (Lipinski definition) is 1. The van der Waals surface area contributed by atoms with Crippen LogP contribution in [0.1, 0.15) is 19.8 Å². The molecule has 14 heavy (non-hydrogen) atoms. The van der Waals surface area contributed by atoms with E-state index in [1.165, 1.54) is 11.8 Å². The average molecular weight is 241 g/mol. The minimum absolute atomic E-state index is 0. The van der Waals surface area contributed by atoms with E-state index in [2.05, 4.69) is 17.1 Å². The third kappa shape index (κ3) is 12.1. The summed E-state index contributed by atoms with van der Waals surface area (Å²) < 4.78 is 0. The van der Waals surface area contributed by atoms with Crippen molar-refractivity contribution in [2.75, 3.05) is 32.9 Å². The van der Waals surface area contributed by atoms with E-state index in [1.54, 1.807) is 0 Å². The lowest BCUT2D eigenvalue weighted by Gasteiger charge is -2.09. The minimum Gasteiger partial charge on any atom is -0.347 e. The molecule has 0 aromatic rings. The highest BCUT2D eigenvalue weighted by Gasteiger charge is 1.99. The van der Waals surface area contributed by atoms with Gasteiger partial charge in [-0.1, -0.05) is 18.7 Å². The molecule has 86 valence electrons. The number of carbonyl (C=O) groups is 1. The number of nitrogens with one attached hydrogen (secondary N) is 1. The predicted molar refractivity (Wildman–Crippen MR) is 66.6 cm³/mol. The van der Waals surface area contributed by atoms with Gasteiger partial charge in [-0.25, -0.2) is 0 Å². The van der Waals surface area contributed by atoms with Gasteiger partial charge < -0.3 is 10.2 Å². The molecule has 0 aromatic heterocycles. The van der Waals surface area contributed by atoms with Crippen LogP contribution in [-0.4, -0.2) is 43.1 Å². The van der Waals surface area contributed by atoms with Gasteiger partial charge in [-0.15, -0.1) is 12.4 Å². The van der Waals surface area contributed by atoms with Crippen molar-refractivity contribution < 1.29 is 4.79 Å². The van der Waals surface area contributed by atoms with Crippen molar-refractivity contribution in [2.45, 2.75) is 19.8 Å². The quantitative estimate of drug-likeness (QED) is 0.723. The summed E-state index contributed by atoms with van der Waals surface area (Å²) in [6, 6.07) is 0. The van der Waals surface area contributed by atoms with Gasteiger partial charge in [0.1, 0.15) is 0 Å². The molecule has 1 N–H and O–H groups in total. The third-order valence-electron chi connectivity index (χ3n) is 1.49. The molecule has 0 unspecified atom stereocenters. The van der Waals surface area contributed by atoms with E-state index in [0.717, 1.165) is 31.7 Å². The molecule has 5 heteroatoms. The van der Waals surface area contributed by atoms with Crippen molar-refractivity contribution in [1.82, 2.24) is 10.2 Å². The number of carbonyl (C=O) groups excluding carboxylic acids is 1. The molecule has 0 aliphatic heterocycles. The van der Waals surface area contributed by atoms with Crippen molar-refractivity contribution in [1.29, 1.82) is 0 Å². The molecule has 1 amide bonds. The summed E-state index contributed by atoms with van der Waals surface area (Å²) in [5.74, 6) is 0.916. The Balaban J connectivity index is 0. The number of halogens is 1. The summed E-state index contributed by atoms with van der Waals surface area (Å²) in [4.78, 5) is 13.2. The Bertz CT molecular complexity index is 145. The second-order valence-corrected chi connectivity index (χ2v) is 4.29.